The van der Waals surface area contributed by atoms with Gasteiger partial charge in [0.05, 0.1) is 23.0 Å². The van der Waals surface area contributed by atoms with Crippen LogP contribution >= 0.6 is 11.3 Å². The zero-order chi connectivity index (χ0) is 19.6. The van der Waals surface area contributed by atoms with E-state index in [-0.39, 0.29) is 5.41 Å². The third kappa shape index (κ3) is 4.85. The van der Waals surface area contributed by atoms with Crippen molar-refractivity contribution in [3.63, 3.8) is 0 Å². The van der Waals surface area contributed by atoms with Gasteiger partial charge in [0.1, 0.15) is 11.6 Å². The first-order valence-corrected chi connectivity index (χ1v) is 10.7. The minimum absolute atomic E-state index is 0.0881. The van der Waals surface area contributed by atoms with Crippen LogP contribution in [0.1, 0.15) is 81.5 Å². The van der Waals surface area contributed by atoms with Crippen molar-refractivity contribution in [1.29, 1.82) is 0 Å². The Kier molecular flexibility index (Phi) is 6.16. The van der Waals surface area contributed by atoms with Crippen molar-refractivity contribution >= 4 is 17.2 Å². The molecule has 0 aliphatic carbocycles. The molecule has 1 atom stereocenters. The van der Waals surface area contributed by atoms with E-state index in [4.69, 9.17) is 19.7 Å². The molecule has 1 saturated heterocycles. The summed E-state index contributed by atoms with van der Waals surface area (Å²) in [5, 5.41) is 3.49. The van der Waals surface area contributed by atoms with E-state index < -0.39 is 0 Å². The van der Waals surface area contributed by atoms with E-state index in [0.29, 0.717) is 18.4 Å². The van der Waals surface area contributed by atoms with Gasteiger partial charge in [0, 0.05) is 43.0 Å². The van der Waals surface area contributed by atoms with Crippen LogP contribution in [0.15, 0.2) is 11.4 Å². The van der Waals surface area contributed by atoms with E-state index in [2.05, 4.69) is 51.0 Å². The number of hydrogen-bond donors (Lipinski definition) is 0. The van der Waals surface area contributed by atoms with Gasteiger partial charge in [-0.15, -0.1) is 11.3 Å². The van der Waals surface area contributed by atoms with Gasteiger partial charge in [0.25, 0.3) is 0 Å². The van der Waals surface area contributed by atoms with Crippen molar-refractivity contribution in [3.05, 3.63) is 33.7 Å². The third-order valence-electron chi connectivity index (χ3n) is 4.95. The molecule has 0 radical (unpaired) electrons. The quantitative estimate of drug-likeness (QED) is 0.730. The molecule has 1 aliphatic heterocycles. The normalized spacial score (nSPS) is 18.3. The Bertz CT molecular complexity index is 766. The number of hydrogen-bond acceptors (Lipinski definition) is 6. The van der Waals surface area contributed by atoms with Crippen molar-refractivity contribution in [3.8, 4) is 0 Å². The molecule has 0 amide bonds. The number of aromatic nitrogens is 3. The zero-order valence-electron chi connectivity index (χ0n) is 17.5. The van der Waals surface area contributed by atoms with Crippen LogP contribution in [0.4, 0.5) is 5.82 Å². The number of methoxy groups -OCH3 is 1. The number of rotatable bonds is 5. The fraction of sp³-hybridized carbons (Fsp3) is 0.667. The van der Waals surface area contributed by atoms with Crippen molar-refractivity contribution in [2.45, 2.75) is 71.3 Å². The molecule has 6 heteroatoms. The third-order valence-corrected chi connectivity index (χ3v) is 5.98. The summed E-state index contributed by atoms with van der Waals surface area (Å²) >= 11 is 1.81. The molecule has 1 unspecified atom stereocenters. The standard InChI is InChI=1S/C21H32N4OS/c1-14(2)17-13-27-19(23-17)15-8-7-9-25(11-15)18-10-16(12-26-6)22-20(24-18)21(3,4)5/h10,13-15H,7-9,11-12H2,1-6H3. The van der Waals surface area contributed by atoms with Crippen molar-refractivity contribution in [2.75, 3.05) is 25.1 Å². The molecule has 0 N–H and O–H groups in total. The molecule has 2 aromatic rings. The molecule has 2 aromatic heterocycles. The number of ether oxygens (including phenoxy) is 1. The highest BCUT2D eigenvalue weighted by Crippen LogP contribution is 2.33. The second kappa shape index (κ2) is 8.23. The van der Waals surface area contributed by atoms with Crippen LogP contribution in [0.2, 0.25) is 0 Å². The molecule has 0 aromatic carbocycles. The van der Waals surface area contributed by atoms with Crippen LogP contribution in [-0.2, 0) is 16.8 Å². The monoisotopic (exact) mass is 388 g/mol. The average molecular weight is 389 g/mol. The second-order valence-corrected chi connectivity index (χ2v) is 9.66. The maximum absolute atomic E-state index is 5.34. The maximum atomic E-state index is 5.34. The van der Waals surface area contributed by atoms with Gasteiger partial charge in [-0.05, 0) is 18.8 Å². The molecule has 0 spiro atoms. The predicted octanol–water partition coefficient (Wildman–Crippen LogP) is 4.88. The first-order chi connectivity index (χ1) is 12.8. The van der Waals surface area contributed by atoms with Crippen LogP contribution in [0.3, 0.4) is 0 Å². The van der Waals surface area contributed by atoms with Crippen molar-refractivity contribution < 1.29 is 4.74 Å². The average Bonchev–Trinajstić information content (AvgIpc) is 3.12. The lowest BCUT2D eigenvalue weighted by molar-refractivity contribution is 0.181. The minimum Gasteiger partial charge on any atom is -0.378 e. The Morgan fingerprint density at radius 1 is 1.26 bits per heavy atom. The molecule has 5 nitrogen and oxygen atoms in total. The second-order valence-electron chi connectivity index (χ2n) is 8.77. The summed E-state index contributed by atoms with van der Waals surface area (Å²) < 4.78 is 5.34. The Labute approximate surface area is 167 Å². The summed E-state index contributed by atoms with van der Waals surface area (Å²) in [6.45, 7) is 13.4. The Hall–Kier alpha value is -1.53. The predicted molar refractivity (Wildman–Crippen MR) is 112 cm³/mol. The summed E-state index contributed by atoms with van der Waals surface area (Å²) in [6.07, 6.45) is 2.36. The molecule has 1 fully saturated rings. The summed E-state index contributed by atoms with van der Waals surface area (Å²) in [7, 11) is 1.71. The molecule has 148 valence electrons. The molecule has 0 bridgehead atoms. The van der Waals surface area contributed by atoms with Crippen LogP contribution in [0.25, 0.3) is 0 Å². The Morgan fingerprint density at radius 2 is 2.04 bits per heavy atom. The summed E-state index contributed by atoms with van der Waals surface area (Å²) in [5.74, 6) is 2.87. The summed E-state index contributed by atoms with van der Waals surface area (Å²) in [4.78, 5) is 16.9. The molecule has 3 rings (SSSR count). The summed E-state index contributed by atoms with van der Waals surface area (Å²) in [6, 6.07) is 2.09. The van der Waals surface area contributed by atoms with Crippen molar-refractivity contribution in [2.24, 2.45) is 0 Å². The lowest BCUT2D eigenvalue weighted by atomic mass is 9.95. The van der Waals surface area contributed by atoms with Gasteiger partial charge in [0.15, 0.2) is 0 Å². The lowest BCUT2D eigenvalue weighted by Crippen LogP contribution is -2.35. The van der Waals surface area contributed by atoms with Gasteiger partial charge in [-0.2, -0.15) is 0 Å². The highest BCUT2D eigenvalue weighted by Gasteiger charge is 2.27. The smallest absolute Gasteiger partial charge is 0.136 e. The van der Waals surface area contributed by atoms with Gasteiger partial charge in [0.2, 0.25) is 0 Å². The Balaban J connectivity index is 1.85. The number of nitrogens with zero attached hydrogens (tertiary/aromatic N) is 4. The van der Waals surface area contributed by atoms with E-state index in [0.717, 1.165) is 36.8 Å². The van der Waals surface area contributed by atoms with Crippen LogP contribution in [-0.4, -0.2) is 35.2 Å². The number of thiazole rings is 1. The Morgan fingerprint density at radius 3 is 2.67 bits per heavy atom. The van der Waals surface area contributed by atoms with E-state index in [9.17, 15) is 0 Å². The number of anilines is 1. The minimum atomic E-state index is -0.0881. The van der Waals surface area contributed by atoms with Gasteiger partial charge in [-0.25, -0.2) is 15.0 Å². The molecule has 3 heterocycles. The molecule has 1 aliphatic rings. The lowest BCUT2D eigenvalue weighted by Gasteiger charge is -2.33. The fourth-order valence-corrected chi connectivity index (χ4v) is 4.45. The highest BCUT2D eigenvalue weighted by molar-refractivity contribution is 7.09. The zero-order valence-corrected chi connectivity index (χ0v) is 18.3. The van der Waals surface area contributed by atoms with E-state index in [1.807, 2.05) is 11.3 Å². The maximum Gasteiger partial charge on any atom is 0.136 e. The first-order valence-electron chi connectivity index (χ1n) is 9.85. The fourth-order valence-electron chi connectivity index (χ4n) is 3.34. The summed E-state index contributed by atoms with van der Waals surface area (Å²) in [5.41, 5.74) is 2.08. The van der Waals surface area contributed by atoms with Gasteiger partial charge < -0.3 is 9.64 Å². The first kappa shape index (κ1) is 20.2. The van der Waals surface area contributed by atoms with Crippen LogP contribution in [0, 0.1) is 0 Å². The largest absolute Gasteiger partial charge is 0.378 e. The molecule has 27 heavy (non-hydrogen) atoms. The van der Waals surface area contributed by atoms with Crippen LogP contribution < -0.4 is 4.90 Å². The molecular weight excluding hydrogens is 356 g/mol. The molecular formula is C21H32N4OS. The van der Waals surface area contributed by atoms with Crippen molar-refractivity contribution in [1.82, 2.24) is 15.0 Å². The van der Waals surface area contributed by atoms with E-state index in [1.54, 1.807) is 7.11 Å². The topological polar surface area (TPSA) is 51.1 Å². The van der Waals surface area contributed by atoms with E-state index in [1.165, 1.54) is 17.1 Å². The molecule has 0 saturated carbocycles. The number of piperidine rings is 1. The SMILES string of the molecule is COCc1cc(N2CCCC(c3nc(C(C)C)cs3)C2)nc(C(C)(C)C)n1. The van der Waals surface area contributed by atoms with Gasteiger partial charge >= 0.3 is 0 Å². The van der Waals surface area contributed by atoms with Gasteiger partial charge in [-0.1, -0.05) is 34.6 Å². The van der Waals surface area contributed by atoms with E-state index >= 15 is 0 Å². The highest BCUT2D eigenvalue weighted by atomic mass is 32.1. The van der Waals surface area contributed by atoms with Gasteiger partial charge in [-0.3, -0.25) is 0 Å². The van der Waals surface area contributed by atoms with Crippen LogP contribution in [0.5, 0.6) is 0 Å².